The maximum absolute atomic E-state index is 5.69. The van der Waals surface area contributed by atoms with Crippen LogP contribution in [0.25, 0.3) is 0 Å². The van der Waals surface area contributed by atoms with Crippen molar-refractivity contribution in [3.8, 4) is 11.5 Å². The van der Waals surface area contributed by atoms with Gasteiger partial charge >= 0.3 is 0 Å². The van der Waals surface area contributed by atoms with Crippen molar-refractivity contribution >= 4 is 5.82 Å². The molecule has 23 heavy (non-hydrogen) atoms. The van der Waals surface area contributed by atoms with Gasteiger partial charge in [-0.15, -0.1) is 0 Å². The van der Waals surface area contributed by atoms with E-state index in [2.05, 4.69) is 41.3 Å². The number of ether oxygens (including phenoxy) is 2. The molecule has 0 aliphatic carbocycles. The second-order valence-electron chi connectivity index (χ2n) is 6.54. The summed E-state index contributed by atoms with van der Waals surface area (Å²) in [5.74, 6) is 2.49. The van der Waals surface area contributed by atoms with Crippen LogP contribution in [0.3, 0.4) is 0 Å². The van der Waals surface area contributed by atoms with Crippen LogP contribution in [-0.2, 0) is 5.41 Å². The second kappa shape index (κ2) is 6.07. The summed E-state index contributed by atoms with van der Waals surface area (Å²) in [5.41, 5.74) is 2.95. The molecule has 1 N–H and O–H groups in total. The highest BCUT2D eigenvalue weighted by atomic mass is 16.6. The quantitative estimate of drug-likeness (QED) is 0.939. The van der Waals surface area contributed by atoms with Crippen molar-refractivity contribution in [3.63, 3.8) is 0 Å². The third kappa shape index (κ3) is 3.38. The van der Waals surface area contributed by atoms with Gasteiger partial charge in [-0.2, -0.15) is 0 Å². The molecule has 0 atom stereocenters. The molecule has 0 fully saturated rings. The van der Waals surface area contributed by atoms with Gasteiger partial charge in [-0.05, 0) is 31.5 Å². The van der Waals surface area contributed by atoms with Crippen molar-refractivity contribution in [2.75, 3.05) is 25.1 Å². The maximum atomic E-state index is 5.69. The van der Waals surface area contributed by atoms with Crippen molar-refractivity contribution in [3.05, 3.63) is 41.3 Å². The topological polar surface area (TPSA) is 56.3 Å². The first-order valence-corrected chi connectivity index (χ1v) is 7.90. The van der Waals surface area contributed by atoms with E-state index in [-0.39, 0.29) is 5.41 Å². The van der Waals surface area contributed by atoms with Crippen LogP contribution in [0.2, 0.25) is 0 Å². The lowest BCUT2D eigenvalue weighted by molar-refractivity contribution is 0.171. The van der Waals surface area contributed by atoms with Crippen LogP contribution in [0, 0.1) is 13.8 Å². The van der Waals surface area contributed by atoms with Gasteiger partial charge < -0.3 is 14.8 Å². The molecule has 3 rings (SSSR count). The number of rotatable bonds is 4. The molecule has 0 amide bonds. The summed E-state index contributed by atoms with van der Waals surface area (Å²) in [6.45, 7) is 10.3. The summed E-state index contributed by atoms with van der Waals surface area (Å²) in [6, 6.07) is 6.16. The summed E-state index contributed by atoms with van der Waals surface area (Å²) < 4.78 is 11.3. The standard InChI is InChI=1S/C18H23N3O2/c1-12-10-19-13(2)17(21-12)20-11-18(3,4)14-5-6-15-16(9-14)23-8-7-22-15/h5-6,9-10H,7-8,11H2,1-4H3,(H,20,21). The van der Waals surface area contributed by atoms with Gasteiger partial charge in [0.2, 0.25) is 0 Å². The minimum atomic E-state index is -0.0757. The molecule has 122 valence electrons. The second-order valence-corrected chi connectivity index (χ2v) is 6.54. The number of aromatic nitrogens is 2. The summed E-state index contributed by atoms with van der Waals surface area (Å²) >= 11 is 0. The highest BCUT2D eigenvalue weighted by Gasteiger charge is 2.23. The van der Waals surface area contributed by atoms with E-state index in [9.17, 15) is 0 Å². The van der Waals surface area contributed by atoms with Crippen LogP contribution in [0.4, 0.5) is 5.82 Å². The monoisotopic (exact) mass is 313 g/mol. The van der Waals surface area contributed by atoms with Gasteiger partial charge in [0.05, 0.1) is 11.4 Å². The molecule has 1 aliphatic rings. The van der Waals surface area contributed by atoms with Gasteiger partial charge in [0.1, 0.15) is 19.0 Å². The summed E-state index contributed by atoms with van der Waals surface area (Å²) in [4.78, 5) is 8.87. The molecule has 2 aromatic rings. The average Bonchev–Trinajstić information content (AvgIpc) is 2.55. The summed E-state index contributed by atoms with van der Waals surface area (Å²) in [7, 11) is 0. The Labute approximate surface area is 137 Å². The number of nitrogens with one attached hydrogen (secondary N) is 1. The number of hydrogen-bond acceptors (Lipinski definition) is 5. The fraction of sp³-hybridized carbons (Fsp3) is 0.444. The van der Waals surface area contributed by atoms with Crippen LogP contribution in [0.5, 0.6) is 11.5 Å². The molecule has 5 heteroatoms. The molecule has 1 aromatic heterocycles. The van der Waals surface area contributed by atoms with Crippen LogP contribution in [0.1, 0.15) is 30.8 Å². The molecule has 1 aliphatic heterocycles. The lowest BCUT2D eigenvalue weighted by atomic mass is 9.84. The normalized spacial score (nSPS) is 13.7. The number of hydrogen-bond donors (Lipinski definition) is 1. The van der Waals surface area contributed by atoms with Crippen LogP contribution < -0.4 is 14.8 Å². The van der Waals surface area contributed by atoms with Gasteiger partial charge in [-0.1, -0.05) is 19.9 Å². The Hall–Kier alpha value is -2.30. The van der Waals surface area contributed by atoms with Gasteiger partial charge in [0, 0.05) is 18.2 Å². The Morgan fingerprint density at radius 1 is 1.13 bits per heavy atom. The van der Waals surface area contributed by atoms with E-state index < -0.39 is 0 Å². The molecule has 0 unspecified atom stereocenters. The average molecular weight is 313 g/mol. The lowest BCUT2D eigenvalue weighted by Gasteiger charge is -2.28. The Morgan fingerprint density at radius 3 is 2.65 bits per heavy atom. The zero-order chi connectivity index (χ0) is 16.4. The summed E-state index contributed by atoms with van der Waals surface area (Å²) in [6.07, 6.45) is 1.78. The highest BCUT2D eigenvalue weighted by molar-refractivity contribution is 5.47. The molecule has 0 saturated heterocycles. The van der Waals surface area contributed by atoms with Crippen LogP contribution in [0.15, 0.2) is 24.4 Å². The Balaban J connectivity index is 1.77. The molecule has 0 saturated carbocycles. The number of aryl methyl sites for hydroxylation is 2. The molecule has 0 spiro atoms. The lowest BCUT2D eigenvalue weighted by Crippen LogP contribution is -2.28. The van der Waals surface area contributed by atoms with E-state index in [4.69, 9.17) is 9.47 Å². The third-order valence-corrected chi connectivity index (χ3v) is 4.10. The molecule has 0 bridgehead atoms. The molecule has 1 aromatic carbocycles. The van der Waals surface area contributed by atoms with Crippen LogP contribution in [-0.4, -0.2) is 29.7 Å². The number of fused-ring (bicyclic) bond motifs is 1. The van der Waals surface area contributed by atoms with E-state index >= 15 is 0 Å². The van der Waals surface area contributed by atoms with E-state index in [1.165, 1.54) is 5.56 Å². The molecule has 5 nitrogen and oxygen atoms in total. The predicted molar refractivity (Wildman–Crippen MR) is 90.5 cm³/mol. The largest absolute Gasteiger partial charge is 0.486 e. The smallest absolute Gasteiger partial charge is 0.161 e. The predicted octanol–water partition coefficient (Wildman–Crippen LogP) is 3.25. The minimum Gasteiger partial charge on any atom is -0.486 e. The summed E-state index contributed by atoms with van der Waals surface area (Å²) in [5, 5.41) is 3.43. The maximum Gasteiger partial charge on any atom is 0.161 e. The first-order chi connectivity index (χ1) is 11.0. The zero-order valence-corrected chi connectivity index (χ0v) is 14.1. The molecule has 2 heterocycles. The van der Waals surface area contributed by atoms with Gasteiger partial charge in [-0.3, -0.25) is 4.98 Å². The number of benzene rings is 1. The van der Waals surface area contributed by atoms with Crippen molar-refractivity contribution < 1.29 is 9.47 Å². The Kier molecular flexibility index (Phi) is 4.11. The van der Waals surface area contributed by atoms with E-state index in [0.29, 0.717) is 13.2 Å². The molecule has 0 radical (unpaired) electrons. The van der Waals surface area contributed by atoms with Crippen molar-refractivity contribution in [1.82, 2.24) is 9.97 Å². The highest BCUT2D eigenvalue weighted by Crippen LogP contribution is 2.35. The fourth-order valence-electron chi connectivity index (χ4n) is 2.58. The van der Waals surface area contributed by atoms with Crippen molar-refractivity contribution in [2.24, 2.45) is 0 Å². The Morgan fingerprint density at radius 2 is 1.87 bits per heavy atom. The molecular formula is C18H23N3O2. The third-order valence-electron chi connectivity index (χ3n) is 4.10. The van der Waals surface area contributed by atoms with Gasteiger partial charge in [0.15, 0.2) is 11.5 Å². The SMILES string of the molecule is Cc1cnc(C)c(NCC(C)(C)c2ccc3c(c2)OCCO3)n1. The van der Waals surface area contributed by atoms with Crippen molar-refractivity contribution in [1.29, 1.82) is 0 Å². The van der Waals surface area contributed by atoms with Crippen molar-refractivity contribution in [2.45, 2.75) is 33.1 Å². The van der Waals surface area contributed by atoms with Gasteiger partial charge in [0.25, 0.3) is 0 Å². The van der Waals surface area contributed by atoms with E-state index in [0.717, 1.165) is 35.2 Å². The number of nitrogens with zero attached hydrogens (tertiary/aromatic N) is 2. The minimum absolute atomic E-state index is 0.0757. The number of anilines is 1. The van der Waals surface area contributed by atoms with Gasteiger partial charge in [-0.25, -0.2) is 4.98 Å². The first-order valence-electron chi connectivity index (χ1n) is 7.90. The first kappa shape index (κ1) is 15.6. The van der Waals surface area contributed by atoms with E-state index in [1.807, 2.05) is 19.9 Å². The molecular weight excluding hydrogens is 290 g/mol. The van der Waals surface area contributed by atoms with Crippen LogP contribution >= 0.6 is 0 Å². The fourth-order valence-corrected chi connectivity index (χ4v) is 2.58. The van der Waals surface area contributed by atoms with E-state index in [1.54, 1.807) is 6.20 Å². The zero-order valence-electron chi connectivity index (χ0n) is 14.1. The Bertz CT molecular complexity index is 713.